The lowest BCUT2D eigenvalue weighted by Gasteiger charge is -2.20. The van der Waals surface area contributed by atoms with Gasteiger partial charge in [-0.25, -0.2) is 0 Å². The van der Waals surface area contributed by atoms with E-state index in [-0.39, 0.29) is 5.91 Å². The molecule has 1 atom stereocenters. The topological polar surface area (TPSA) is 41.1 Å². The van der Waals surface area contributed by atoms with Crippen molar-refractivity contribution in [3.8, 4) is 0 Å². The minimum Gasteiger partial charge on any atom is -0.326 e. The van der Waals surface area contributed by atoms with E-state index in [0.717, 1.165) is 18.2 Å². The summed E-state index contributed by atoms with van der Waals surface area (Å²) in [5.74, 6) is 0.819. The molecule has 3 nitrogen and oxygen atoms in total. The summed E-state index contributed by atoms with van der Waals surface area (Å²) in [6.07, 6.45) is 5.52. The van der Waals surface area contributed by atoms with Gasteiger partial charge >= 0.3 is 0 Å². The van der Waals surface area contributed by atoms with Crippen LogP contribution < -0.4 is 10.6 Å². The van der Waals surface area contributed by atoms with Crippen molar-refractivity contribution in [3.05, 3.63) is 29.8 Å². The maximum atomic E-state index is 10.9. The van der Waals surface area contributed by atoms with E-state index in [4.69, 9.17) is 0 Å². The van der Waals surface area contributed by atoms with E-state index in [2.05, 4.69) is 29.7 Å². The largest absolute Gasteiger partial charge is 0.326 e. The van der Waals surface area contributed by atoms with Crippen molar-refractivity contribution >= 4 is 11.6 Å². The van der Waals surface area contributed by atoms with E-state index in [9.17, 15) is 4.79 Å². The lowest BCUT2D eigenvalue weighted by molar-refractivity contribution is -0.114. The fourth-order valence-electron chi connectivity index (χ4n) is 2.81. The minimum atomic E-state index is -0.0271. The molecule has 1 aromatic carbocycles. The third kappa shape index (κ3) is 4.35. The Morgan fingerprint density at radius 1 is 1.26 bits per heavy atom. The molecule has 19 heavy (non-hydrogen) atoms. The van der Waals surface area contributed by atoms with Gasteiger partial charge < -0.3 is 10.6 Å². The van der Waals surface area contributed by atoms with Crippen molar-refractivity contribution in [2.24, 2.45) is 5.92 Å². The van der Waals surface area contributed by atoms with Gasteiger partial charge in [-0.3, -0.25) is 4.79 Å². The van der Waals surface area contributed by atoms with Crippen LogP contribution in [0.1, 0.15) is 45.1 Å². The van der Waals surface area contributed by atoms with Gasteiger partial charge in [0.05, 0.1) is 0 Å². The zero-order valence-corrected chi connectivity index (χ0v) is 11.9. The average Bonchev–Trinajstić information content (AvgIpc) is 2.91. The summed E-state index contributed by atoms with van der Waals surface area (Å²) in [6, 6.07) is 8.65. The van der Waals surface area contributed by atoms with Crippen molar-refractivity contribution in [2.45, 2.75) is 52.1 Å². The average molecular weight is 260 g/mol. The second-order valence-electron chi connectivity index (χ2n) is 5.59. The summed E-state index contributed by atoms with van der Waals surface area (Å²) in [7, 11) is 0. The maximum absolute atomic E-state index is 10.9. The van der Waals surface area contributed by atoms with Crippen molar-refractivity contribution in [3.63, 3.8) is 0 Å². The summed E-state index contributed by atoms with van der Waals surface area (Å²) in [5.41, 5.74) is 2.12. The van der Waals surface area contributed by atoms with Gasteiger partial charge in [0, 0.05) is 25.2 Å². The molecule has 0 saturated heterocycles. The van der Waals surface area contributed by atoms with Crippen LogP contribution in [0, 0.1) is 5.92 Å². The highest BCUT2D eigenvalue weighted by atomic mass is 16.1. The number of rotatable bonds is 5. The number of amides is 1. The fourth-order valence-corrected chi connectivity index (χ4v) is 2.81. The third-order valence-corrected chi connectivity index (χ3v) is 4.01. The number of carbonyl (C=O) groups excluding carboxylic acids is 1. The Kier molecular flexibility index (Phi) is 4.97. The number of hydrogen-bond acceptors (Lipinski definition) is 2. The van der Waals surface area contributed by atoms with E-state index in [1.807, 2.05) is 12.1 Å². The van der Waals surface area contributed by atoms with Crippen LogP contribution in [0.3, 0.4) is 0 Å². The fraction of sp³-hybridized carbons (Fsp3) is 0.562. The van der Waals surface area contributed by atoms with Gasteiger partial charge in [-0.1, -0.05) is 25.0 Å². The molecule has 0 spiro atoms. The Balaban J connectivity index is 1.80. The molecule has 1 amide bonds. The minimum absolute atomic E-state index is 0.0271. The van der Waals surface area contributed by atoms with Crippen LogP contribution in [0.5, 0.6) is 0 Å². The number of anilines is 1. The van der Waals surface area contributed by atoms with Crippen LogP contribution in [-0.2, 0) is 11.3 Å². The van der Waals surface area contributed by atoms with Gasteiger partial charge in [0.1, 0.15) is 0 Å². The van der Waals surface area contributed by atoms with Gasteiger partial charge in [0.2, 0.25) is 5.91 Å². The normalized spacial score (nSPS) is 17.4. The van der Waals surface area contributed by atoms with Crippen molar-refractivity contribution < 1.29 is 4.79 Å². The van der Waals surface area contributed by atoms with Crippen LogP contribution >= 0.6 is 0 Å². The molecular weight excluding hydrogens is 236 g/mol. The molecule has 0 heterocycles. The number of nitrogens with one attached hydrogen (secondary N) is 2. The first-order valence-corrected chi connectivity index (χ1v) is 7.25. The Morgan fingerprint density at radius 3 is 2.47 bits per heavy atom. The van der Waals surface area contributed by atoms with Crippen molar-refractivity contribution in [2.75, 3.05) is 5.32 Å². The zero-order chi connectivity index (χ0) is 13.7. The van der Waals surface area contributed by atoms with Crippen LogP contribution in [0.2, 0.25) is 0 Å². The van der Waals surface area contributed by atoms with Crippen LogP contribution in [0.15, 0.2) is 24.3 Å². The number of benzene rings is 1. The second-order valence-corrected chi connectivity index (χ2v) is 5.59. The molecule has 0 aromatic heterocycles. The van der Waals surface area contributed by atoms with Gasteiger partial charge in [0.25, 0.3) is 0 Å². The molecule has 1 unspecified atom stereocenters. The Hall–Kier alpha value is -1.35. The lowest BCUT2D eigenvalue weighted by Crippen LogP contribution is -2.31. The predicted octanol–water partition coefficient (Wildman–Crippen LogP) is 3.31. The SMILES string of the molecule is CC(=O)Nc1ccc(CNC(C)C2CCCC2)cc1. The number of carbonyl (C=O) groups is 1. The Morgan fingerprint density at radius 2 is 1.89 bits per heavy atom. The summed E-state index contributed by atoms with van der Waals surface area (Å²) in [6.45, 7) is 4.72. The first-order valence-electron chi connectivity index (χ1n) is 7.25. The van der Waals surface area contributed by atoms with Crippen LogP contribution in [0.4, 0.5) is 5.69 Å². The summed E-state index contributed by atoms with van der Waals surface area (Å²) >= 11 is 0. The van der Waals surface area contributed by atoms with Crippen molar-refractivity contribution in [1.29, 1.82) is 0 Å². The van der Waals surface area contributed by atoms with Gasteiger partial charge in [-0.2, -0.15) is 0 Å². The highest BCUT2D eigenvalue weighted by molar-refractivity contribution is 5.88. The Labute approximate surface area is 115 Å². The van der Waals surface area contributed by atoms with E-state index in [1.165, 1.54) is 38.2 Å². The summed E-state index contributed by atoms with van der Waals surface area (Å²) in [4.78, 5) is 10.9. The highest BCUT2D eigenvalue weighted by Gasteiger charge is 2.20. The van der Waals surface area contributed by atoms with E-state index >= 15 is 0 Å². The zero-order valence-electron chi connectivity index (χ0n) is 11.9. The molecule has 0 aliphatic heterocycles. The van der Waals surface area contributed by atoms with Crippen molar-refractivity contribution in [1.82, 2.24) is 5.32 Å². The molecule has 0 bridgehead atoms. The summed E-state index contributed by atoms with van der Waals surface area (Å²) < 4.78 is 0. The van der Waals surface area contributed by atoms with Gasteiger partial charge in [-0.15, -0.1) is 0 Å². The second kappa shape index (κ2) is 6.71. The summed E-state index contributed by atoms with van der Waals surface area (Å²) in [5, 5.41) is 6.40. The van der Waals surface area contributed by atoms with Crippen LogP contribution in [-0.4, -0.2) is 11.9 Å². The predicted molar refractivity (Wildman–Crippen MR) is 79.0 cm³/mol. The first kappa shape index (κ1) is 14.1. The molecule has 2 N–H and O–H groups in total. The van der Waals surface area contributed by atoms with E-state index in [1.54, 1.807) is 0 Å². The van der Waals surface area contributed by atoms with E-state index < -0.39 is 0 Å². The molecule has 1 aliphatic carbocycles. The smallest absolute Gasteiger partial charge is 0.221 e. The highest BCUT2D eigenvalue weighted by Crippen LogP contribution is 2.27. The van der Waals surface area contributed by atoms with Crippen LogP contribution in [0.25, 0.3) is 0 Å². The number of hydrogen-bond donors (Lipinski definition) is 2. The molecule has 104 valence electrons. The molecule has 1 fully saturated rings. The third-order valence-electron chi connectivity index (χ3n) is 4.01. The quantitative estimate of drug-likeness (QED) is 0.852. The molecule has 2 rings (SSSR count). The van der Waals surface area contributed by atoms with E-state index in [0.29, 0.717) is 6.04 Å². The maximum Gasteiger partial charge on any atom is 0.221 e. The first-order chi connectivity index (χ1) is 9.15. The molecule has 3 heteroatoms. The molecular formula is C16H24N2O. The molecule has 1 aliphatic rings. The van der Waals surface area contributed by atoms with Gasteiger partial charge in [0.15, 0.2) is 0 Å². The Bertz CT molecular complexity index is 407. The standard InChI is InChI=1S/C16H24N2O/c1-12(15-5-3-4-6-15)17-11-14-7-9-16(10-8-14)18-13(2)19/h7-10,12,15,17H,3-6,11H2,1-2H3,(H,18,19). The molecule has 0 radical (unpaired) electrons. The van der Waals surface area contributed by atoms with Gasteiger partial charge in [-0.05, 0) is 43.4 Å². The molecule has 1 saturated carbocycles. The monoisotopic (exact) mass is 260 g/mol. The lowest BCUT2D eigenvalue weighted by atomic mass is 9.99. The molecule has 1 aromatic rings.